The van der Waals surface area contributed by atoms with Crippen molar-refractivity contribution in [3.8, 4) is 22.8 Å². The third-order valence-corrected chi connectivity index (χ3v) is 6.04. The fourth-order valence-corrected chi connectivity index (χ4v) is 3.72. The SMILES string of the molecule is CCS(=O)(=O)c1cc(C(F)(F)F)cnc1-c1ncc(-c2cnc(C(F)(F)F)nc2)n1C. The molecule has 7 nitrogen and oxygen atoms in total. The summed E-state index contributed by atoms with van der Waals surface area (Å²) in [5, 5.41) is 0. The second-order valence-corrected chi connectivity index (χ2v) is 8.54. The molecule has 0 aliphatic carbocycles. The van der Waals surface area contributed by atoms with Crippen LogP contribution >= 0.6 is 0 Å². The summed E-state index contributed by atoms with van der Waals surface area (Å²) < 4.78 is 103. The molecule has 14 heteroatoms. The van der Waals surface area contributed by atoms with E-state index < -0.39 is 44.2 Å². The molecule has 31 heavy (non-hydrogen) atoms. The van der Waals surface area contributed by atoms with Gasteiger partial charge in [-0.2, -0.15) is 26.3 Å². The van der Waals surface area contributed by atoms with Gasteiger partial charge < -0.3 is 4.57 Å². The fraction of sp³-hybridized carbons (Fsp3) is 0.294. The maximum absolute atomic E-state index is 13.1. The molecule has 0 aliphatic heterocycles. The second kappa shape index (κ2) is 7.59. The Bertz CT molecular complexity index is 1220. The lowest BCUT2D eigenvalue weighted by Gasteiger charge is -2.13. The predicted octanol–water partition coefficient (Wildman–Crippen LogP) is 3.77. The zero-order valence-electron chi connectivity index (χ0n) is 15.8. The molecule has 0 aliphatic rings. The van der Waals surface area contributed by atoms with Gasteiger partial charge in [0.2, 0.25) is 5.82 Å². The number of alkyl halides is 6. The summed E-state index contributed by atoms with van der Waals surface area (Å²) in [7, 11) is -2.72. The molecular weight excluding hydrogens is 452 g/mol. The number of sulfone groups is 1. The molecule has 166 valence electrons. The summed E-state index contributed by atoms with van der Waals surface area (Å²) >= 11 is 0. The van der Waals surface area contributed by atoms with Gasteiger partial charge in [-0.3, -0.25) is 4.98 Å². The molecule has 3 aromatic heterocycles. The fourth-order valence-electron chi connectivity index (χ4n) is 2.66. The van der Waals surface area contributed by atoms with Crippen molar-refractivity contribution in [3.05, 3.63) is 42.2 Å². The van der Waals surface area contributed by atoms with Gasteiger partial charge in [-0.15, -0.1) is 0 Å². The zero-order valence-corrected chi connectivity index (χ0v) is 16.6. The molecular formula is C17H13F6N5O2S. The molecule has 0 saturated carbocycles. The van der Waals surface area contributed by atoms with Crippen LogP contribution in [0.15, 0.2) is 35.7 Å². The summed E-state index contributed by atoms with van der Waals surface area (Å²) in [6, 6.07) is 0.483. The summed E-state index contributed by atoms with van der Waals surface area (Å²) in [5.74, 6) is -1.93. The Morgan fingerprint density at radius 1 is 0.903 bits per heavy atom. The smallest absolute Gasteiger partial charge is 0.326 e. The molecule has 3 heterocycles. The summed E-state index contributed by atoms with van der Waals surface area (Å²) in [6.07, 6.45) is -6.05. The van der Waals surface area contributed by atoms with Crippen LogP contribution < -0.4 is 0 Å². The van der Waals surface area contributed by atoms with Crippen LogP contribution in [0.3, 0.4) is 0 Å². The van der Waals surface area contributed by atoms with E-state index in [0.717, 1.165) is 12.4 Å². The Hall–Kier alpha value is -3.03. The first kappa shape index (κ1) is 22.7. The molecule has 3 rings (SSSR count). The number of hydrogen-bond acceptors (Lipinski definition) is 6. The van der Waals surface area contributed by atoms with Gasteiger partial charge in [0.1, 0.15) is 5.69 Å². The van der Waals surface area contributed by atoms with Crippen molar-refractivity contribution >= 4 is 9.84 Å². The molecule has 0 unspecified atom stereocenters. The highest BCUT2D eigenvalue weighted by Crippen LogP contribution is 2.35. The molecule has 0 aromatic carbocycles. The summed E-state index contributed by atoms with van der Waals surface area (Å²) in [5.41, 5.74) is -1.24. The van der Waals surface area contributed by atoms with Crippen LogP contribution in [-0.2, 0) is 29.2 Å². The number of nitrogens with zero attached hydrogens (tertiary/aromatic N) is 5. The van der Waals surface area contributed by atoms with Gasteiger partial charge in [-0.25, -0.2) is 23.4 Å². The van der Waals surface area contributed by atoms with E-state index >= 15 is 0 Å². The highest BCUT2D eigenvalue weighted by molar-refractivity contribution is 7.91. The Kier molecular flexibility index (Phi) is 5.54. The number of rotatable bonds is 4. The number of aromatic nitrogens is 5. The largest absolute Gasteiger partial charge is 0.451 e. The van der Waals surface area contributed by atoms with Gasteiger partial charge in [-0.05, 0) is 6.07 Å². The van der Waals surface area contributed by atoms with Crippen LogP contribution in [0.5, 0.6) is 0 Å². The van der Waals surface area contributed by atoms with E-state index in [1.54, 1.807) is 0 Å². The first-order valence-corrected chi connectivity index (χ1v) is 10.1. The van der Waals surface area contributed by atoms with Gasteiger partial charge in [-0.1, -0.05) is 6.92 Å². The quantitative estimate of drug-likeness (QED) is 0.545. The first-order valence-electron chi connectivity index (χ1n) is 8.47. The van der Waals surface area contributed by atoms with E-state index in [9.17, 15) is 34.8 Å². The number of pyridine rings is 1. The van der Waals surface area contributed by atoms with E-state index in [2.05, 4.69) is 19.9 Å². The topological polar surface area (TPSA) is 90.6 Å². The van der Waals surface area contributed by atoms with Crippen LogP contribution in [0.25, 0.3) is 22.8 Å². The minimum atomic E-state index is -4.81. The van der Waals surface area contributed by atoms with Gasteiger partial charge in [0.15, 0.2) is 15.7 Å². The number of halogens is 6. The molecule has 0 bridgehead atoms. The minimum absolute atomic E-state index is 0.101. The number of hydrogen-bond donors (Lipinski definition) is 0. The molecule has 0 fully saturated rings. The molecule has 0 N–H and O–H groups in total. The monoisotopic (exact) mass is 465 g/mol. The summed E-state index contributed by atoms with van der Waals surface area (Å²) in [6.45, 7) is 1.27. The third kappa shape index (κ3) is 4.38. The van der Waals surface area contributed by atoms with Crippen LogP contribution in [0, 0.1) is 0 Å². The molecule has 0 radical (unpaired) electrons. The zero-order chi connectivity index (χ0) is 23.2. The van der Waals surface area contributed by atoms with Crippen molar-refractivity contribution in [2.45, 2.75) is 24.2 Å². The highest BCUT2D eigenvalue weighted by atomic mass is 32.2. The Labute approximate surface area is 171 Å². The van der Waals surface area contributed by atoms with E-state index in [1.165, 1.54) is 24.7 Å². The molecule has 3 aromatic rings. The molecule has 0 saturated heterocycles. The van der Waals surface area contributed by atoms with E-state index in [0.29, 0.717) is 12.3 Å². The Morgan fingerprint density at radius 2 is 1.52 bits per heavy atom. The molecule has 0 amide bonds. The standard InChI is InChI=1S/C17H13F6N5O2S/c1-3-31(29,30)12-4-10(16(18,19)20)7-24-13(12)14-25-8-11(28(14)2)9-5-26-15(27-6-9)17(21,22)23/h4-8H,3H2,1-2H3. The van der Waals surface area contributed by atoms with Crippen LogP contribution in [0.1, 0.15) is 18.3 Å². The number of imidazole rings is 1. The van der Waals surface area contributed by atoms with Crippen molar-refractivity contribution in [3.63, 3.8) is 0 Å². The van der Waals surface area contributed by atoms with Crippen molar-refractivity contribution in [1.29, 1.82) is 0 Å². The van der Waals surface area contributed by atoms with E-state index in [4.69, 9.17) is 0 Å². The van der Waals surface area contributed by atoms with E-state index in [-0.39, 0.29) is 22.8 Å². The van der Waals surface area contributed by atoms with E-state index in [1.807, 2.05) is 0 Å². The van der Waals surface area contributed by atoms with Crippen molar-refractivity contribution < 1.29 is 34.8 Å². The lowest BCUT2D eigenvalue weighted by molar-refractivity contribution is -0.145. The van der Waals surface area contributed by atoms with Crippen LogP contribution in [0.2, 0.25) is 0 Å². The second-order valence-electron chi connectivity index (χ2n) is 6.29. The van der Waals surface area contributed by atoms with Gasteiger partial charge >= 0.3 is 12.4 Å². The normalized spacial score (nSPS) is 12.9. The lowest BCUT2D eigenvalue weighted by Crippen LogP contribution is -2.13. The van der Waals surface area contributed by atoms with Gasteiger partial charge in [0.25, 0.3) is 0 Å². The predicted molar refractivity (Wildman–Crippen MR) is 95.2 cm³/mol. The lowest BCUT2D eigenvalue weighted by atomic mass is 10.2. The highest BCUT2D eigenvalue weighted by Gasteiger charge is 2.35. The van der Waals surface area contributed by atoms with Crippen molar-refractivity contribution in [1.82, 2.24) is 24.5 Å². The Morgan fingerprint density at radius 3 is 2.03 bits per heavy atom. The van der Waals surface area contributed by atoms with Gasteiger partial charge in [0, 0.05) is 31.2 Å². The molecule has 0 spiro atoms. The van der Waals surface area contributed by atoms with Gasteiger partial charge in [0.05, 0.1) is 28.1 Å². The molecule has 0 atom stereocenters. The van der Waals surface area contributed by atoms with Crippen LogP contribution in [-0.4, -0.2) is 38.7 Å². The summed E-state index contributed by atoms with van der Waals surface area (Å²) in [4.78, 5) is 13.5. The minimum Gasteiger partial charge on any atom is -0.326 e. The Balaban J connectivity index is 2.14. The average Bonchev–Trinajstić information content (AvgIpc) is 3.07. The maximum atomic E-state index is 13.1. The first-order chi connectivity index (χ1) is 14.3. The average molecular weight is 465 g/mol. The van der Waals surface area contributed by atoms with Crippen molar-refractivity contribution in [2.24, 2.45) is 7.05 Å². The van der Waals surface area contributed by atoms with Crippen LogP contribution in [0.4, 0.5) is 26.3 Å². The maximum Gasteiger partial charge on any atom is 0.451 e. The third-order valence-electron chi connectivity index (χ3n) is 4.30. The van der Waals surface area contributed by atoms with Crippen molar-refractivity contribution in [2.75, 3.05) is 5.75 Å².